The second-order valence-corrected chi connectivity index (χ2v) is 11.5. The van der Waals surface area contributed by atoms with E-state index in [0.717, 1.165) is 5.56 Å². The predicted octanol–water partition coefficient (Wildman–Crippen LogP) is 6.06. The highest BCUT2D eigenvalue weighted by molar-refractivity contribution is 14.2. The Morgan fingerprint density at radius 1 is 1.34 bits per heavy atom. The number of hydrogen-bond donors (Lipinski definition) is 1. The van der Waals surface area contributed by atoms with Crippen LogP contribution in [-0.4, -0.2) is 58.9 Å². The maximum absolute atomic E-state index is 14.8. The number of amides is 1. The summed E-state index contributed by atoms with van der Waals surface area (Å²) in [6, 6.07) is 5.91. The number of nitrogens with zero attached hydrogens (tertiary/aromatic N) is 2. The molecule has 2 aliphatic heterocycles. The molecule has 2 aromatic rings. The molecule has 35 heavy (non-hydrogen) atoms. The smallest absolute Gasteiger partial charge is 0.410 e. The van der Waals surface area contributed by atoms with Gasteiger partial charge in [-0.3, -0.25) is 4.90 Å². The lowest BCUT2D eigenvalue weighted by Crippen LogP contribution is -2.56. The summed E-state index contributed by atoms with van der Waals surface area (Å²) in [6.07, 6.45) is -0.344. The molecule has 4 rings (SSSR count). The molecule has 186 valence electrons. The second kappa shape index (κ2) is 10.6. The summed E-state index contributed by atoms with van der Waals surface area (Å²) in [5.74, 6) is 2.66. The first-order valence-electron chi connectivity index (χ1n) is 11.1. The van der Waals surface area contributed by atoms with E-state index in [0.29, 0.717) is 49.7 Å². The summed E-state index contributed by atoms with van der Waals surface area (Å²) >= 11 is 8.89. The number of carbonyl (C=O) groups is 1. The van der Waals surface area contributed by atoms with Crippen molar-refractivity contribution in [2.24, 2.45) is 0 Å². The molecule has 2 aliphatic rings. The molecule has 1 fully saturated rings. The number of phenolic OH excluding ortho intramolecular Hbond substituents is 1. The van der Waals surface area contributed by atoms with Crippen LogP contribution in [0.5, 0.6) is 11.5 Å². The first-order valence-corrected chi connectivity index (χ1v) is 14.8. The van der Waals surface area contributed by atoms with E-state index in [-0.39, 0.29) is 28.5 Å². The Morgan fingerprint density at radius 3 is 2.80 bits per heavy atom. The SMILES string of the molecule is CC(C)(C)OC(=O)N1CCN2Cc3cc(C#CSI)c(-c4c(O)cccc4F)c(Cl)c3OC[C@H]2C1. The van der Waals surface area contributed by atoms with Crippen LogP contribution in [0.3, 0.4) is 0 Å². The van der Waals surface area contributed by atoms with Gasteiger partial charge in [-0.15, -0.1) is 0 Å². The lowest BCUT2D eigenvalue weighted by atomic mass is 9.95. The molecule has 0 aromatic heterocycles. The van der Waals surface area contributed by atoms with Crippen molar-refractivity contribution in [1.82, 2.24) is 9.80 Å². The monoisotopic (exact) mass is 630 g/mol. The average molecular weight is 631 g/mol. The zero-order valence-corrected chi connectivity index (χ0v) is 23.3. The molecule has 1 saturated heterocycles. The van der Waals surface area contributed by atoms with Gasteiger partial charge < -0.3 is 19.5 Å². The van der Waals surface area contributed by atoms with E-state index < -0.39 is 11.4 Å². The molecular weight excluding hydrogens is 606 g/mol. The zero-order chi connectivity index (χ0) is 25.3. The van der Waals surface area contributed by atoms with Crippen LogP contribution in [0.25, 0.3) is 11.1 Å². The van der Waals surface area contributed by atoms with Crippen LogP contribution >= 0.6 is 41.7 Å². The third-order valence-corrected chi connectivity index (χ3v) is 7.01. The number of ether oxygens (including phenoxy) is 2. The Balaban J connectivity index is 1.70. The maximum atomic E-state index is 14.8. The zero-order valence-electron chi connectivity index (χ0n) is 19.5. The average Bonchev–Trinajstić information content (AvgIpc) is 2.96. The van der Waals surface area contributed by atoms with E-state index in [9.17, 15) is 14.3 Å². The Morgan fingerprint density at radius 2 is 2.11 bits per heavy atom. The fourth-order valence-corrected chi connectivity index (χ4v) is 5.14. The molecule has 2 aromatic carbocycles. The number of carbonyl (C=O) groups excluding carboxylic acids is 1. The van der Waals surface area contributed by atoms with Gasteiger partial charge in [-0.25, -0.2) is 9.18 Å². The molecule has 2 heterocycles. The molecule has 0 saturated carbocycles. The number of benzene rings is 2. The highest BCUT2D eigenvalue weighted by atomic mass is 127. The van der Waals surface area contributed by atoms with Crippen LogP contribution in [0.4, 0.5) is 9.18 Å². The highest BCUT2D eigenvalue weighted by Gasteiger charge is 2.36. The van der Waals surface area contributed by atoms with E-state index >= 15 is 0 Å². The van der Waals surface area contributed by atoms with E-state index in [1.807, 2.05) is 26.8 Å². The van der Waals surface area contributed by atoms with Crippen molar-refractivity contribution < 1.29 is 23.8 Å². The van der Waals surface area contributed by atoms with Crippen molar-refractivity contribution in [2.45, 2.75) is 39.0 Å². The van der Waals surface area contributed by atoms with Crippen LogP contribution in [-0.2, 0) is 11.3 Å². The molecule has 10 heteroatoms. The molecule has 1 N–H and O–H groups in total. The molecule has 0 aliphatic carbocycles. The summed E-state index contributed by atoms with van der Waals surface area (Å²) < 4.78 is 26.5. The van der Waals surface area contributed by atoms with Crippen LogP contribution in [0.15, 0.2) is 24.3 Å². The van der Waals surface area contributed by atoms with Gasteiger partial charge in [0.1, 0.15) is 29.5 Å². The summed E-state index contributed by atoms with van der Waals surface area (Å²) in [4.78, 5) is 16.5. The van der Waals surface area contributed by atoms with Crippen molar-refractivity contribution in [3.63, 3.8) is 0 Å². The summed E-state index contributed by atoms with van der Waals surface area (Å²) in [6.45, 7) is 8.00. The van der Waals surface area contributed by atoms with Crippen LogP contribution < -0.4 is 4.74 Å². The van der Waals surface area contributed by atoms with E-state index in [1.54, 1.807) is 4.90 Å². The van der Waals surface area contributed by atoms with Gasteiger partial charge in [0.15, 0.2) is 0 Å². The maximum Gasteiger partial charge on any atom is 0.410 e. The predicted molar refractivity (Wildman–Crippen MR) is 144 cm³/mol. The lowest BCUT2D eigenvalue weighted by molar-refractivity contribution is -0.00154. The van der Waals surface area contributed by atoms with Crippen LogP contribution in [0.2, 0.25) is 5.02 Å². The molecule has 0 spiro atoms. The fourth-order valence-electron chi connectivity index (χ4n) is 4.29. The Hall–Kier alpha value is -1.87. The van der Waals surface area contributed by atoms with Crippen molar-refractivity contribution >= 4 is 47.8 Å². The number of rotatable bonds is 1. The van der Waals surface area contributed by atoms with Crippen LogP contribution in [0, 0.1) is 17.0 Å². The largest absolute Gasteiger partial charge is 0.507 e. The first kappa shape index (κ1) is 26.2. The van der Waals surface area contributed by atoms with Crippen LogP contribution in [0.1, 0.15) is 31.9 Å². The molecular formula is C25H25ClFIN2O4S. The van der Waals surface area contributed by atoms with E-state index in [4.69, 9.17) is 21.1 Å². The van der Waals surface area contributed by atoms with Gasteiger partial charge in [0, 0.05) is 64.1 Å². The van der Waals surface area contributed by atoms with Gasteiger partial charge in [0.05, 0.1) is 16.6 Å². The number of hydrogen-bond acceptors (Lipinski definition) is 6. The fraction of sp³-hybridized carbons (Fsp3) is 0.400. The topological polar surface area (TPSA) is 62.2 Å². The summed E-state index contributed by atoms with van der Waals surface area (Å²) in [7, 11) is 1.30. The van der Waals surface area contributed by atoms with Gasteiger partial charge in [-0.2, -0.15) is 0 Å². The standard InChI is InChI=1S/C25H25ClFIN2O4S/c1-25(2,3)34-24(32)30-9-8-29-12-16-11-15(7-10-35-28)20(21-18(27)5-4-6-19(21)31)22(26)23(16)33-14-17(29)13-30/h4-6,11,17,31H,8-9,12-14H2,1-3H3/t17-/m1/s1. The molecule has 0 radical (unpaired) electrons. The van der Waals surface area contributed by atoms with Crippen molar-refractivity contribution in [3.05, 3.63) is 46.2 Å². The third-order valence-electron chi connectivity index (χ3n) is 5.81. The molecule has 6 nitrogen and oxygen atoms in total. The Labute approximate surface area is 225 Å². The normalized spacial score (nSPS) is 17.9. The Bertz CT molecular complexity index is 1190. The number of piperazine rings is 1. The number of aromatic hydroxyl groups is 1. The molecule has 0 bridgehead atoms. The van der Waals surface area contributed by atoms with E-state index in [1.165, 1.54) is 27.1 Å². The number of halogens is 3. The highest BCUT2D eigenvalue weighted by Crippen LogP contribution is 2.46. The number of phenols is 1. The third kappa shape index (κ3) is 5.77. The minimum Gasteiger partial charge on any atom is -0.507 e. The first-order chi connectivity index (χ1) is 16.6. The van der Waals surface area contributed by atoms with E-state index in [2.05, 4.69) is 37.3 Å². The minimum atomic E-state index is -0.601. The van der Waals surface area contributed by atoms with Gasteiger partial charge >= 0.3 is 6.09 Å². The number of fused-ring (bicyclic) bond motifs is 2. The second-order valence-electron chi connectivity index (χ2n) is 9.40. The molecule has 1 atom stereocenters. The Kier molecular flexibility index (Phi) is 7.95. The molecule has 0 unspecified atom stereocenters. The molecule has 1 amide bonds. The van der Waals surface area contributed by atoms with Crippen molar-refractivity contribution in [1.29, 1.82) is 0 Å². The minimum absolute atomic E-state index is 0.00951. The van der Waals surface area contributed by atoms with Gasteiger partial charge in [-0.1, -0.05) is 23.6 Å². The summed E-state index contributed by atoms with van der Waals surface area (Å²) in [5, 5.41) is 13.6. The van der Waals surface area contributed by atoms with Gasteiger partial charge in [-0.05, 0) is 53.2 Å². The van der Waals surface area contributed by atoms with Crippen molar-refractivity contribution in [3.8, 4) is 33.8 Å². The van der Waals surface area contributed by atoms with Gasteiger partial charge in [0.25, 0.3) is 0 Å². The van der Waals surface area contributed by atoms with Crippen molar-refractivity contribution in [2.75, 3.05) is 26.2 Å². The quantitative estimate of drug-likeness (QED) is 0.306. The lowest BCUT2D eigenvalue weighted by Gasteiger charge is -2.40. The van der Waals surface area contributed by atoms with Gasteiger partial charge in [0.2, 0.25) is 0 Å². The summed E-state index contributed by atoms with van der Waals surface area (Å²) in [5.41, 5.74) is 1.05.